The lowest BCUT2D eigenvalue weighted by molar-refractivity contribution is -0.114. The summed E-state index contributed by atoms with van der Waals surface area (Å²) >= 11 is 0. The van der Waals surface area contributed by atoms with E-state index >= 15 is 0 Å². The highest BCUT2D eigenvalue weighted by Crippen LogP contribution is 2.17. The van der Waals surface area contributed by atoms with Gasteiger partial charge in [-0.15, -0.1) is 13.2 Å². The van der Waals surface area contributed by atoms with Crippen LogP contribution in [0.2, 0.25) is 0 Å². The number of sulfonamides is 2. The number of hydrogen-bond acceptors (Lipinski definition) is 6. The van der Waals surface area contributed by atoms with Gasteiger partial charge < -0.3 is 11.1 Å². The van der Waals surface area contributed by atoms with Crippen molar-refractivity contribution >= 4 is 37.3 Å². The number of nitrogens with one attached hydrogen (secondary N) is 1. The summed E-state index contributed by atoms with van der Waals surface area (Å²) in [6.45, 7) is 8.92. The summed E-state index contributed by atoms with van der Waals surface area (Å²) in [5, 5.41) is 2.57. The number of rotatable bonds is 9. The van der Waals surface area contributed by atoms with Crippen LogP contribution in [0.3, 0.4) is 0 Å². The van der Waals surface area contributed by atoms with Gasteiger partial charge in [0.15, 0.2) is 0 Å². The third-order valence-corrected chi connectivity index (χ3v) is 7.92. The van der Waals surface area contributed by atoms with Gasteiger partial charge in [0.1, 0.15) is 0 Å². The fourth-order valence-electron chi connectivity index (χ4n) is 2.47. The summed E-state index contributed by atoms with van der Waals surface area (Å²) in [5.41, 5.74) is 6.58. The Morgan fingerprint density at radius 2 is 1.21 bits per heavy atom. The molecule has 0 spiro atoms. The van der Waals surface area contributed by atoms with Gasteiger partial charge in [0.05, 0.1) is 9.79 Å². The van der Waals surface area contributed by atoms with Gasteiger partial charge in [0.25, 0.3) is 0 Å². The molecule has 0 atom stereocenters. The highest BCUT2D eigenvalue weighted by molar-refractivity contribution is 7.89. The van der Waals surface area contributed by atoms with E-state index in [1.54, 1.807) is 24.3 Å². The van der Waals surface area contributed by atoms with Gasteiger partial charge in [0.2, 0.25) is 26.0 Å². The number of hydrogen-bond donors (Lipinski definition) is 2. The summed E-state index contributed by atoms with van der Waals surface area (Å²) in [6, 6.07) is 12.1. The van der Waals surface area contributed by atoms with Crippen LogP contribution in [0.15, 0.2) is 83.6 Å². The van der Waals surface area contributed by atoms with E-state index in [2.05, 4.69) is 18.5 Å². The summed E-state index contributed by atoms with van der Waals surface area (Å²) in [5.74, 6) is -0.200. The van der Waals surface area contributed by atoms with Gasteiger partial charge in [-0.1, -0.05) is 12.2 Å². The first kappa shape index (κ1) is 28.0. The van der Waals surface area contributed by atoms with Crippen molar-refractivity contribution in [3.05, 3.63) is 73.8 Å². The Morgan fingerprint density at radius 1 is 0.848 bits per heavy atom. The van der Waals surface area contributed by atoms with Crippen LogP contribution in [0, 0.1) is 0 Å². The largest absolute Gasteiger partial charge is 0.399 e. The molecule has 2 rings (SSSR count). The number of nitrogens with two attached hydrogens (primary N) is 1. The van der Waals surface area contributed by atoms with E-state index in [0.29, 0.717) is 11.4 Å². The van der Waals surface area contributed by atoms with Crippen LogP contribution in [0.25, 0.3) is 0 Å². The van der Waals surface area contributed by atoms with Crippen molar-refractivity contribution in [3.63, 3.8) is 0 Å². The summed E-state index contributed by atoms with van der Waals surface area (Å²) < 4.78 is 50.3. The second-order valence-electron chi connectivity index (χ2n) is 6.92. The molecule has 0 saturated heterocycles. The maximum absolute atomic E-state index is 12.0. The minimum absolute atomic E-state index is 0.181. The second kappa shape index (κ2) is 12.3. The van der Waals surface area contributed by atoms with Crippen molar-refractivity contribution in [2.45, 2.75) is 16.7 Å². The highest BCUT2D eigenvalue weighted by atomic mass is 32.2. The number of anilines is 2. The summed E-state index contributed by atoms with van der Waals surface area (Å²) in [6.07, 6.45) is 3.05. The van der Waals surface area contributed by atoms with Crippen LogP contribution in [-0.4, -0.2) is 58.5 Å². The Morgan fingerprint density at radius 3 is 1.55 bits per heavy atom. The first-order valence-electron chi connectivity index (χ1n) is 9.74. The first-order valence-corrected chi connectivity index (χ1v) is 12.6. The van der Waals surface area contributed by atoms with Gasteiger partial charge in [-0.3, -0.25) is 4.79 Å². The third kappa shape index (κ3) is 8.13. The molecule has 0 aliphatic carbocycles. The van der Waals surface area contributed by atoms with Crippen molar-refractivity contribution < 1.29 is 21.6 Å². The molecule has 2 aromatic rings. The van der Waals surface area contributed by atoms with Gasteiger partial charge in [-0.2, -0.15) is 8.61 Å². The van der Waals surface area contributed by atoms with E-state index in [1.165, 1.54) is 66.0 Å². The molecular formula is C22H30N4O5S2. The molecule has 0 unspecified atom stereocenters. The quantitative estimate of drug-likeness (QED) is 0.407. The van der Waals surface area contributed by atoms with Crippen LogP contribution < -0.4 is 11.1 Å². The number of amides is 1. The lowest BCUT2D eigenvalue weighted by atomic mass is 10.3. The standard InChI is InChI=1S/C12H16N2O3S.C10H14N2O2S/c1-4-9-14(3)18(16,17)12-7-5-11(6-8-12)13-10(2)15;1-3-8-12(2)15(13,14)10-6-4-9(11)5-7-10/h4-8H,1,9H2,2-3H3,(H,13,15);3-7H,1,8,11H2,2H3. The summed E-state index contributed by atoms with van der Waals surface area (Å²) in [7, 11) is -3.92. The van der Waals surface area contributed by atoms with Crippen LogP contribution in [0.1, 0.15) is 6.92 Å². The fraction of sp³-hybridized carbons (Fsp3) is 0.227. The maximum atomic E-state index is 12.0. The molecule has 0 fully saturated rings. The zero-order valence-corrected chi connectivity index (χ0v) is 20.6. The van der Waals surface area contributed by atoms with E-state index in [-0.39, 0.29) is 28.8 Å². The lowest BCUT2D eigenvalue weighted by Gasteiger charge is -2.15. The first-order chi connectivity index (χ1) is 15.4. The lowest BCUT2D eigenvalue weighted by Crippen LogP contribution is -2.26. The molecule has 0 aromatic heterocycles. The predicted molar refractivity (Wildman–Crippen MR) is 132 cm³/mol. The van der Waals surface area contributed by atoms with E-state index in [4.69, 9.17) is 5.73 Å². The topological polar surface area (TPSA) is 130 Å². The molecule has 33 heavy (non-hydrogen) atoms. The van der Waals surface area contributed by atoms with E-state index in [1.807, 2.05) is 0 Å². The molecule has 3 N–H and O–H groups in total. The second-order valence-corrected chi connectivity index (χ2v) is 11.0. The third-order valence-electron chi connectivity index (χ3n) is 4.24. The van der Waals surface area contributed by atoms with Gasteiger partial charge in [0, 0.05) is 45.5 Å². The Balaban J connectivity index is 0.000000335. The van der Waals surface area contributed by atoms with E-state index in [9.17, 15) is 21.6 Å². The normalized spacial score (nSPS) is 11.4. The van der Waals surface area contributed by atoms with Crippen LogP contribution in [0.5, 0.6) is 0 Å². The molecule has 0 aliphatic rings. The number of nitrogen functional groups attached to an aromatic ring is 1. The molecular weight excluding hydrogens is 464 g/mol. The maximum Gasteiger partial charge on any atom is 0.243 e. The molecule has 2 aromatic carbocycles. The van der Waals surface area contributed by atoms with Gasteiger partial charge >= 0.3 is 0 Å². The number of carbonyl (C=O) groups is 1. The van der Waals surface area contributed by atoms with Gasteiger partial charge in [-0.05, 0) is 48.5 Å². The van der Waals surface area contributed by atoms with Crippen molar-refractivity contribution in [1.82, 2.24) is 8.61 Å². The molecule has 9 nitrogen and oxygen atoms in total. The van der Waals surface area contributed by atoms with Crippen molar-refractivity contribution in [2.24, 2.45) is 0 Å². The zero-order chi connectivity index (χ0) is 25.2. The Bertz CT molecular complexity index is 1160. The average Bonchev–Trinajstić information content (AvgIpc) is 2.75. The number of benzene rings is 2. The zero-order valence-electron chi connectivity index (χ0n) is 18.9. The minimum atomic E-state index is -3.50. The van der Waals surface area contributed by atoms with Crippen LogP contribution in [0.4, 0.5) is 11.4 Å². The molecule has 0 heterocycles. The van der Waals surface area contributed by atoms with Gasteiger partial charge in [-0.25, -0.2) is 16.8 Å². The Kier molecular flexibility index (Phi) is 10.5. The fourth-order valence-corrected chi connectivity index (χ4v) is 4.76. The van der Waals surface area contributed by atoms with E-state index in [0.717, 1.165) is 0 Å². The monoisotopic (exact) mass is 494 g/mol. The van der Waals surface area contributed by atoms with Crippen molar-refractivity contribution in [1.29, 1.82) is 0 Å². The molecule has 0 bridgehead atoms. The number of likely N-dealkylation sites (N-methyl/N-ethyl adjacent to an activating group) is 2. The molecule has 180 valence electrons. The van der Waals surface area contributed by atoms with E-state index < -0.39 is 20.0 Å². The number of carbonyl (C=O) groups excluding carboxylic acids is 1. The smallest absolute Gasteiger partial charge is 0.243 e. The average molecular weight is 495 g/mol. The van der Waals surface area contributed by atoms with Crippen molar-refractivity contribution in [3.8, 4) is 0 Å². The molecule has 11 heteroatoms. The molecule has 1 amide bonds. The van der Waals surface area contributed by atoms with Crippen LogP contribution >= 0.6 is 0 Å². The number of nitrogens with zero attached hydrogens (tertiary/aromatic N) is 2. The highest BCUT2D eigenvalue weighted by Gasteiger charge is 2.20. The molecule has 0 saturated carbocycles. The van der Waals surface area contributed by atoms with Crippen LogP contribution in [-0.2, 0) is 24.8 Å². The van der Waals surface area contributed by atoms with Crippen molar-refractivity contribution in [2.75, 3.05) is 38.2 Å². The Labute approximate surface area is 196 Å². The summed E-state index contributed by atoms with van der Waals surface area (Å²) in [4.78, 5) is 11.3. The SMILES string of the molecule is C=CCN(C)S(=O)(=O)c1ccc(N)cc1.C=CCN(C)S(=O)(=O)c1ccc(NC(C)=O)cc1. The molecule has 0 aliphatic heterocycles. The predicted octanol–water partition coefficient (Wildman–Crippen LogP) is 2.53. The Hall–Kier alpha value is -2.99. The minimum Gasteiger partial charge on any atom is -0.399 e. The molecule has 0 radical (unpaired) electrons.